The first kappa shape index (κ1) is 11.6. The Labute approximate surface area is 97.2 Å². The van der Waals surface area contributed by atoms with Gasteiger partial charge < -0.3 is 5.73 Å². The second-order valence-electron chi connectivity index (χ2n) is 5.40. The van der Waals surface area contributed by atoms with Crippen LogP contribution in [0.5, 0.6) is 0 Å². The van der Waals surface area contributed by atoms with Crippen LogP contribution in [0.25, 0.3) is 0 Å². The summed E-state index contributed by atoms with van der Waals surface area (Å²) >= 11 is 0. The molecule has 1 saturated carbocycles. The van der Waals surface area contributed by atoms with E-state index in [0.717, 1.165) is 24.6 Å². The zero-order chi connectivity index (χ0) is 11.8. The van der Waals surface area contributed by atoms with Crippen molar-refractivity contribution in [2.45, 2.75) is 45.4 Å². The summed E-state index contributed by atoms with van der Waals surface area (Å²) in [6, 6.07) is 0. The predicted octanol–water partition coefficient (Wildman–Crippen LogP) is 1.61. The number of aryl methyl sites for hydroxylation is 1. The molecule has 1 aromatic heterocycles. The second-order valence-corrected chi connectivity index (χ2v) is 5.40. The van der Waals surface area contributed by atoms with E-state index in [1.807, 2.05) is 11.7 Å². The lowest BCUT2D eigenvalue weighted by Gasteiger charge is -2.40. The average Bonchev–Trinajstić information content (AvgIpc) is 2.54. The SMILES string of the molecule is CC(C)c1nc(CC2(CN)CCC2)n(C)n1. The highest BCUT2D eigenvalue weighted by molar-refractivity contribution is 5.03. The molecule has 0 bridgehead atoms. The summed E-state index contributed by atoms with van der Waals surface area (Å²) in [5.74, 6) is 2.44. The molecule has 0 unspecified atom stereocenters. The minimum absolute atomic E-state index is 0.315. The summed E-state index contributed by atoms with van der Waals surface area (Å²) < 4.78 is 1.92. The maximum atomic E-state index is 5.88. The van der Waals surface area contributed by atoms with Crippen LogP contribution in [0.15, 0.2) is 0 Å². The minimum Gasteiger partial charge on any atom is -0.330 e. The van der Waals surface area contributed by atoms with Crippen molar-refractivity contribution in [3.05, 3.63) is 11.6 Å². The molecule has 2 rings (SSSR count). The predicted molar refractivity (Wildman–Crippen MR) is 64.1 cm³/mol. The Balaban J connectivity index is 2.14. The molecule has 0 saturated heterocycles. The van der Waals surface area contributed by atoms with E-state index in [-0.39, 0.29) is 0 Å². The van der Waals surface area contributed by atoms with Gasteiger partial charge in [0.15, 0.2) is 5.82 Å². The largest absolute Gasteiger partial charge is 0.330 e. The lowest BCUT2D eigenvalue weighted by Crippen LogP contribution is -2.39. The molecule has 1 aliphatic carbocycles. The van der Waals surface area contributed by atoms with Crippen molar-refractivity contribution in [3.63, 3.8) is 0 Å². The third-order valence-corrected chi connectivity index (χ3v) is 3.77. The Hall–Kier alpha value is -0.900. The van der Waals surface area contributed by atoms with Gasteiger partial charge in [-0.3, -0.25) is 4.68 Å². The Kier molecular flexibility index (Phi) is 3.02. The van der Waals surface area contributed by atoms with E-state index in [4.69, 9.17) is 5.73 Å². The molecule has 2 N–H and O–H groups in total. The molecule has 90 valence electrons. The molecule has 0 radical (unpaired) electrons. The van der Waals surface area contributed by atoms with Gasteiger partial charge in [-0.1, -0.05) is 20.3 Å². The van der Waals surface area contributed by atoms with Gasteiger partial charge in [0.05, 0.1) is 0 Å². The molecule has 4 heteroatoms. The lowest BCUT2D eigenvalue weighted by molar-refractivity contribution is 0.140. The first-order chi connectivity index (χ1) is 7.56. The van der Waals surface area contributed by atoms with Crippen molar-refractivity contribution < 1.29 is 0 Å². The van der Waals surface area contributed by atoms with Crippen LogP contribution in [0, 0.1) is 5.41 Å². The standard InChI is InChI=1S/C12H22N4/c1-9(2)11-14-10(16(3)15-11)7-12(8-13)5-4-6-12/h9H,4-8,13H2,1-3H3. The second kappa shape index (κ2) is 4.17. The summed E-state index contributed by atoms with van der Waals surface area (Å²) in [6.45, 7) is 5.03. The zero-order valence-corrected chi connectivity index (χ0v) is 10.5. The number of hydrogen-bond acceptors (Lipinski definition) is 3. The average molecular weight is 222 g/mol. The number of hydrogen-bond donors (Lipinski definition) is 1. The molecule has 0 atom stereocenters. The van der Waals surface area contributed by atoms with Crippen LogP contribution >= 0.6 is 0 Å². The van der Waals surface area contributed by atoms with Crippen LogP contribution in [0.1, 0.15) is 50.7 Å². The summed E-state index contributed by atoms with van der Waals surface area (Å²) in [7, 11) is 1.98. The van der Waals surface area contributed by atoms with Crippen molar-refractivity contribution in [1.82, 2.24) is 14.8 Å². The van der Waals surface area contributed by atoms with Gasteiger partial charge in [0.25, 0.3) is 0 Å². The first-order valence-electron chi connectivity index (χ1n) is 6.16. The van der Waals surface area contributed by atoms with Gasteiger partial charge in [0.1, 0.15) is 5.82 Å². The van der Waals surface area contributed by atoms with E-state index in [1.165, 1.54) is 19.3 Å². The molecule has 0 amide bonds. The van der Waals surface area contributed by atoms with Gasteiger partial charge in [-0.2, -0.15) is 5.10 Å². The van der Waals surface area contributed by atoms with Gasteiger partial charge in [-0.25, -0.2) is 4.98 Å². The van der Waals surface area contributed by atoms with Crippen molar-refractivity contribution in [2.24, 2.45) is 18.2 Å². The summed E-state index contributed by atoms with van der Waals surface area (Å²) in [5, 5.41) is 4.45. The van der Waals surface area contributed by atoms with E-state index in [1.54, 1.807) is 0 Å². The van der Waals surface area contributed by atoms with E-state index >= 15 is 0 Å². The quantitative estimate of drug-likeness (QED) is 0.842. The molecule has 0 spiro atoms. The summed E-state index contributed by atoms with van der Waals surface area (Å²) in [5.41, 5.74) is 6.19. The highest BCUT2D eigenvalue weighted by Crippen LogP contribution is 2.42. The molecule has 1 aromatic rings. The highest BCUT2D eigenvalue weighted by Gasteiger charge is 2.37. The van der Waals surface area contributed by atoms with Crippen LogP contribution in [-0.4, -0.2) is 21.3 Å². The molecule has 1 fully saturated rings. The Bertz CT molecular complexity index is 358. The van der Waals surface area contributed by atoms with Gasteiger partial charge in [-0.05, 0) is 24.8 Å². The zero-order valence-electron chi connectivity index (χ0n) is 10.5. The van der Waals surface area contributed by atoms with Crippen LogP contribution in [-0.2, 0) is 13.5 Å². The third kappa shape index (κ3) is 1.98. The van der Waals surface area contributed by atoms with E-state index in [9.17, 15) is 0 Å². The number of aromatic nitrogens is 3. The molecule has 1 heterocycles. The smallest absolute Gasteiger partial charge is 0.153 e. The molecule has 4 nitrogen and oxygen atoms in total. The van der Waals surface area contributed by atoms with E-state index in [2.05, 4.69) is 23.9 Å². The van der Waals surface area contributed by atoms with Gasteiger partial charge in [0.2, 0.25) is 0 Å². The van der Waals surface area contributed by atoms with Crippen LogP contribution in [0.4, 0.5) is 0 Å². The lowest BCUT2D eigenvalue weighted by atomic mass is 9.66. The van der Waals surface area contributed by atoms with Crippen LogP contribution in [0.3, 0.4) is 0 Å². The van der Waals surface area contributed by atoms with E-state index in [0.29, 0.717) is 11.3 Å². The van der Waals surface area contributed by atoms with Crippen molar-refractivity contribution in [2.75, 3.05) is 6.54 Å². The molecule has 0 aliphatic heterocycles. The summed E-state index contributed by atoms with van der Waals surface area (Å²) in [6.07, 6.45) is 4.78. The number of rotatable bonds is 4. The maximum absolute atomic E-state index is 5.88. The Morgan fingerprint density at radius 2 is 2.12 bits per heavy atom. The van der Waals surface area contributed by atoms with Gasteiger partial charge in [-0.15, -0.1) is 0 Å². The highest BCUT2D eigenvalue weighted by atomic mass is 15.3. The van der Waals surface area contributed by atoms with Crippen molar-refractivity contribution in [3.8, 4) is 0 Å². The molecular formula is C12H22N4. The van der Waals surface area contributed by atoms with Gasteiger partial charge in [0, 0.05) is 19.4 Å². The Morgan fingerprint density at radius 1 is 1.44 bits per heavy atom. The monoisotopic (exact) mass is 222 g/mol. The fourth-order valence-electron chi connectivity index (χ4n) is 2.30. The Morgan fingerprint density at radius 3 is 2.50 bits per heavy atom. The fraction of sp³-hybridized carbons (Fsp3) is 0.833. The molecule has 1 aliphatic rings. The van der Waals surface area contributed by atoms with Gasteiger partial charge >= 0.3 is 0 Å². The first-order valence-corrected chi connectivity index (χ1v) is 6.16. The fourth-order valence-corrected chi connectivity index (χ4v) is 2.30. The maximum Gasteiger partial charge on any atom is 0.153 e. The molecular weight excluding hydrogens is 200 g/mol. The van der Waals surface area contributed by atoms with Crippen LogP contribution < -0.4 is 5.73 Å². The number of nitrogens with two attached hydrogens (primary N) is 1. The minimum atomic E-state index is 0.315. The van der Waals surface area contributed by atoms with E-state index < -0.39 is 0 Å². The number of nitrogens with zero attached hydrogens (tertiary/aromatic N) is 3. The third-order valence-electron chi connectivity index (χ3n) is 3.77. The molecule has 0 aromatic carbocycles. The molecule has 16 heavy (non-hydrogen) atoms. The van der Waals surface area contributed by atoms with Crippen molar-refractivity contribution >= 4 is 0 Å². The topological polar surface area (TPSA) is 56.7 Å². The van der Waals surface area contributed by atoms with Crippen molar-refractivity contribution in [1.29, 1.82) is 0 Å². The normalized spacial score (nSPS) is 18.8. The summed E-state index contributed by atoms with van der Waals surface area (Å²) in [4.78, 5) is 4.62. The van der Waals surface area contributed by atoms with Crippen LogP contribution in [0.2, 0.25) is 0 Å².